The van der Waals surface area contributed by atoms with Crippen molar-refractivity contribution in [3.63, 3.8) is 0 Å². The number of thiazole rings is 1. The highest BCUT2D eigenvalue weighted by Crippen LogP contribution is 2.16. The van der Waals surface area contributed by atoms with Gasteiger partial charge < -0.3 is 5.73 Å². The number of hydrogen-bond donors (Lipinski definition) is 1. The van der Waals surface area contributed by atoms with Crippen molar-refractivity contribution < 1.29 is 0 Å². The Morgan fingerprint density at radius 2 is 2.40 bits per heavy atom. The van der Waals surface area contributed by atoms with Crippen LogP contribution in [-0.4, -0.2) is 35.5 Å². The molecule has 0 spiro atoms. The quantitative estimate of drug-likeness (QED) is 0.832. The standard InChI is InChI=1S/C10H19N3S2/c1-8(11)10-12-9(7-15-10)6-13(2)4-5-14-3/h7-8H,4-6,11H2,1-3H3. The molecular weight excluding hydrogens is 226 g/mol. The van der Waals surface area contributed by atoms with Crippen LogP contribution in [-0.2, 0) is 6.54 Å². The molecule has 0 saturated heterocycles. The molecule has 0 aliphatic carbocycles. The summed E-state index contributed by atoms with van der Waals surface area (Å²) in [7, 11) is 2.13. The van der Waals surface area contributed by atoms with Gasteiger partial charge in [0, 0.05) is 24.2 Å². The van der Waals surface area contributed by atoms with Crippen molar-refractivity contribution >= 4 is 23.1 Å². The van der Waals surface area contributed by atoms with Gasteiger partial charge in [-0.25, -0.2) is 4.98 Å². The summed E-state index contributed by atoms with van der Waals surface area (Å²) in [4.78, 5) is 6.79. The molecule has 1 aromatic rings. The van der Waals surface area contributed by atoms with Crippen molar-refractivity contribution in [2.45, 2.75) is 19.5 Å². The lowest BCUT2D eigenvalue weighted by Crippen LogP contribution is -2.20. The molecule has 0 aromatic carbocycles. The molecule has 1 aromatic heterocycles. The van der Waals surface area contributed by atoms with Crippen LogP contribution in [0.1, 0.15) is 23.7 Å². The molecule has 1 rings (SSSR count). The summed E-state index contributed by atoms with van der Waals surface area (Å²) in [6.45, 7) is 4.00. The Hall–Kier alpha value is -0.100. The zero-order chi connectivity index (χ0) is 11.3. The van der Waals surface area contributed by atoms with Crippen LogP contribution >= 0.6 is 23.1 Å². The highest BCUT2D eigenvalue weighted by molar-refractivity contribution is 7.98. The second kappa shape index (κ2) is 6.48. The minimum Gasteiger partial charge on any atom is -0.322 e. The smallest absolute Gasteiger partial charge is 0.109 e. The van der Waals surface area contributed by atoms with Gasteiger partial charge in [0.15, 0.2) is 0 Å². The van der Waals surface area contributed by atoms with E-state index in [1.54, 1.807) is 11.3 Å². The molecule has 2 N–H and O–H groups in total. The first-order valence-corrected chi connectivity index (χ1v) is 7.28. The zero-order valence-electron chi connectivity index (χ0n) is 9.56. The second-order valence-electron chi connectivity index (χ2n) is 3.70. The SMILES string of the molecule is CSCCN(C)Cc1csc(C(C)N)n1. The van der Waals surface area contributed by atoms with Crippen LogP contribution in [0.15, 0.2) is 5.38 Å². The van der Waals surface area contributed by atoms with Gasteiger partial charge in [0.05, 0.1) is 11.7 Å². The number of hydrogen-bond acceptors (Lipinski definition) is 5. The highest BCUT2D eigenvalue weighted by Gasteiger charge is 2.07. The van der Waals surface area contributed by atoms with E-state index >= 15 is 0 Å². The average Bonchev–Trinajstić information content (AvgIpc) is 2.63. The lowest BCUT2D eigenvalue weighted by atomic mass is 10.4. The predicted molar refractivity (Wildman–Crippen MR) is 69.4 cm³/mol. The molecular formula is C10H19N3S2. The third-order valence-corrected chi connectivity index (χ3v) is 3.75. The number of rotatable bonds is 6. The summed E-state index contributed by atoms with van der Waals surface area (Å²) in [5.41, 5.74) is 6.90. The minimum absolute atomic E-state index is 0.0558. The molecule has 1 heterocycles. The number of aromatic nitrogens is 1. The summed E-state index contributed by atoms with van der Waals surface area (Å²) in [5, 5.41) is 3.14. The van der Waals surface area contributed by atoms with E-state index in [1.807, 2.05) is 18.7 Å². The third kappa shape index (κ3) is 4.51. The van der Waals surface area contributed by atoms with Crippen LogP contribution in [0.5, 0.6) is 0 Å². The Balaban J connectivity index is 2.42. The van der Waals surface area contributed by atoms with E-state index in [4.69, 9.17) is 5.73 Å². The molecule has 0 amide bonds. The fraction of sp³-hybridized carbons (Fsp3) is 0.700. The lowest BCUT2D eigenvalue weighted by Gasteiger charge is -2.13. The summed E-state index contributed by atoms with van der Waals surface area (Å²) in [6, 6.07) is 0.0558. The largest absolute Gasteiger partial charge is 0.322 e. The van der Waals surface area contributed by atoms with Crippen molar-refractivity contribution in [2.75, 3.05) is 25.6 Å². The minimum atomic E-state index is 0.0558. The fourth-order valence-corrected chi connectivity index (χ4v) is 2.47. The van der Waals surface area contributed by atoms with E-state index in [1.165, 1.54) is 5.75 Å². The second-order valence-corrected chi connectivity index (χ2v) is 5.57. The molecule has 0 radical (unpaired) electrons. The molecule has 15 heavy (non-hydrogen) atoms. The Morgan fingerprint density at radius 3 is 2.93 bits per heavy atom. The van der Waals surface area contributed by atoms with Crippen molar-refractivity contribution in [3.05, 3.63) is 16.1 Å². The van der Waals surface area contributed by atoms with E-state index in [0.717, 1.165) is 23.8 Å². The summed E-state index contributed by atoms with van der Waals surface area (Å²) < 4.78 is 0. The predicted octanol–water partition coefficient (Wildman–Crippen LogP) is 1.96. The van der Waals surface area contributed by atoms with Gasteiger partial charge in [0.2, 0.25) is 0 Å². The maximum atomic E-state index is 5.77. The van der Waals surface area contributed by atoms with Crippen LogP contribution in [0.4, 0.5) is 0 Å². The Morgan fingerprint density at radius 1 is 1.67 bits per heavy atom. The van der Waals surface area contributed by atoms with Gasteiger partial charge >= 0.3 is 0 Å². The Bertz CT molecular complexity index is 286. The monoisotopic (exact) mass is 245 g/mol. The molecule has 86 valence electrons. The molecule has 0 aliphatic rings. The molecule has 0 saturated carbocycles. The van der Waals surface area contributed by atoms with E-state index in [-0.39, 0.29) is 6.04 Å². The first-order chi connectivity index (χ1) is 7.13. The van der Waals surface area contributed by atoms with E-state index in [0.29, 0.717) is 0 Å². The van der Waals surface area contributed by atoms with Gasteiger partial charge in [-0.05, 0) is 20.2 Å². The average molecular weight is 245 g/mol. The van der Waals surface area contributed by atoms with Gasteiger partial charge in [-0.1, -0.05) is 0 Å². The highest BCUT2D eigenvalue weighted by atomic mass is 32.2. The van der Waals surface area contributed by atoms with Gasteiger partial charge in [-0.15, -0.1) is 11.3 Å². The molecule has 0 aliphatic heterocycles. The zero-order valence-corrected chi connectivity index (χ0v) is 11.2. The topological polar surface area (TPSA) is 42.1 Å². The van der Waals surface area contributed by atoms with Crippen LogP contribution in [0.25, 0.3) is 0 Å². The van der Waals surface area contributed by atoms with Crippen LogP contribution in [0.3, 0.4) is 0 Å². The van der Waals surface area contributed by atoms with E-state index in [2.05, 4.69) is 28.6 Å². The first-order valence-electron chi connectivity index (χ1n) is 5.01. The Labute approximate surface area is 100 Å². The molecule has 1 atom stereocenters. The number of nitrogens with zero attached hydrogens (tertiary/aromatic N) is 2. The lowest BCUT2D eigenvalue weighted by molar-refractivity contribution is 0.344. The number of thioether (sulfide) groups is 1. The number of nitrogens with two attached hydrogens (primary N) is 1. The van der Waals surface area contributed by atoms with Crippen molar-refractivity contribution in [1.29, 1.82) is 0 Å². The van der Waals surface area contributed by atoms with Gasteiger partial charge in [0.1, 0.15) is 5.01 Å². The van der Waals surface area contributed by atoms with Crippen LogP contribution in [0, 0.1) is 0 Å². The normalized spacial score (nSPS) is 13.4. The van der Waals surface area contributed by atoms with Crippen molar-refractivity contribution in [2.24, 2.45) is 5.73 Å². The van der Waals surface area contributed by atoms with Crippen LogP contribution in [0.2, 0.25) is 0 Å². The maximum Gasteiger partial charge on any atom is 0.109 e. The third-order valence-electron chi connectivity index (χ3n) is 2.07. The van der Waals surface area contributed by atoms with Crippen LogP contribution < -0.4 is 5.73 Å². The molecule has 1 unspecified atom stereocenters. The fourth-order valence-electron chi connectivity index (χ4n) is 1.21. The van der Waals surface area contributed by atoms with Crippen molar-refractivity contribution in [1.82, 2.24) is 9.88 Å². The molecule has 0 bridgehead atoms. The molecule has 5 heteroatoms. The van der Waals surface area contributed by atoms with E-state index in [9.17, 15) is 0 Å². The summed E-state index contributed by atoms with van der Waals surface area (Å²) >= 11 is 3.53. The molecule has 3 nitrogen and oxygen atoms in total. The Kier molecular flexibility index (Phi) is 5.60. The van der Waals surface area contributed by atoms with E-state index < -0.39 is 0 Å². The van der Waals surface area contributed by atoms with Crippen molar-refractivity contribution in [3.8, 4) is 0 Å². The van der Waals surface area contributed by atoms with Gasteiger partial charge in [-0.3, -0.25) is 4.90 Å². The maximum absolute atomic E-state index is 5.77. The molecule has 0 fully saturated rings. The summed E-state index contributed by atoms with van der Waals surface area (Å²) in [6.07, 6.45) is 2.13. The van der Waals surface area contributed by atoms with Gasteiger partial charge in [0.25, 0.3) is 0 Å². The first kappa shape index (κ1) is 13.0. The van der Waals surface area contributed by atoms with Gasteiger partial charge in [-0.2, -0.15) is 11.8 Å². The summed E-state index contributed by atoms with van der Waals surface area (Å²) in [5.74, 6) is 1.17.